The van der Waals surface area contributed by atoms with Crippen molar-refractivity contribution in [2.24, 2.45) is 5.92 Å². The van der Waals surface area contributed by atoms with Gasteiger partial charge in [0.05, 0.1) is 0 Å². The van der Waals surface area contributed by atoms with E-state index in [-0.39, 0.29) is 5.82 Å². The van der Waals surface area contributed by atoms with Gasteiger partial charge in [-0.2, -0.15) is 0 Å². The molecule has 1 heteroatoms. The minimum Gasteiger partial charge on any atom is -0.206 e. The Bertz CT molecular complexity index is 840. The Labute approximate surface area is 143 Å². The molecule has 0 saturated heterocycles. The van der Waals surface area contributed by atoms with E-state index in [1.165, 1.54) is 24.0 Å². The van der Waals surface area contributed by atoms with Crippen molar-refractivity contribution in [3.05, 3.63) is 83.7 Å². The van der Waals surface area contributed by atoms with Crippen molar-refractivity contribution in [1.29, 1.82) is 0 Å². The Hall–Kier alpha value is -2.41. The van der Waals surface area contributed by atoms with Crippen molar-refractivity contribution < 1.29 is 4.39 Å². The summed E-state index contributed by atoms with van der Waals surface area (Å²) in [5, 5.41) is 0. The van der Waals surface area contributed by atoms with Gasteiger partial charge in [0, 0.05) is 5.56 Å². The van der Waals surface area contributed by atoms with Crippen molar-refractivity contribution in [3.8, 4) is 22.3 Å². The van der Waals surface area contributed by atoms with Crippen LogP contribution >= 0.6 is 0 Å². The molecule has 0 radical (unpaired) electrons. The standard InChI is InChI=1S/C23H21F/c1-16-2-8-19(9-3-16)21-12-13-22(23(24)15-21)20-10-6-18(7-11-20)14-17-4-5-17/h2-3,6-13,15,17H,4-5,14H2,1H3. The van der Waals surface area contributed by atoms with Crippen LogP contribution < -0.4 is 0 Å². The summed E-state index contributed by atoms with van der Waals surface area (Å²) >= 11 is 0. The van der Waals surface area contributed by atoms with E-state index in [0.29, 0.717) is 5.56 Å². The Morgan fingerprint density at radius 3 is 2.04 bits per heavy atom. The molecule has 3 aromatic rings. The van der Waals surface area contributed by atoms with Gasteiger partial charge in [-0.25, -0.2) is 4.39 Å². The SMILES string of the molecule is Cc1ccc(-c2ccc(-c3ccc(CC4CC4)cc3)c(F)c2)cc1. The molecule has 0 N–H and O–H groups in total. The second-order valence-corrected chi connectivity index (χ2v) is 6.91. The fourth-order valence-corrected chi connectivity index (χ4v) is 3.15. The molecular weight excluding hydrogens is 295 g/mol. The molecule has 0 unspecified atom stereocenters. The smallest absolute Gasteiger partial charge is 0.131 e. The van der Waals surface area contributed by atoms with Gasteiger partial charge in [0.15, 0.2) is 0 Å². The first-order valence-electron chi connectivity index (χ1n) is 8.65. The second kappa shape index (κ2) is 6.24. The van der Waals surface area contributed by atoms with Crippen LogP contribution in [0.4, 0.5) is 4.39 Å². The normalized spacial score (nSPS) is 13.9. The molecule has 0 atom stereocenters. The van der Waals surface area contributed by atoms with Gasteiger partial charge in [-0.3, -0.25) is 0 Å². The van der Waals surface area contributed by atoms with Crippen LogP contribution in [-0.4, -0.2) is 0 Å². The highest BCUT2D eigenvalue weighted by molar-refractivity contribution is 5.71. The Morgan fingerprint density at radius 1 is 0.792 bits per heavy atom. The van der Waals surface area contributed by atoms with Crippen LogP contribution in [0.3, 0.4) is 0 Å². The van der Waals surface area contributed by atoms with Crippen LogP contribution in [0.1, 0.15) is 24.0 Å². The van der Waals surface area contributed by atoms with Crippen LogP contribution in [-0.2, 0) is 6.42 Å². The highest BCUT2D eigenvalue weighted by Crippen LogP contribution is 2.33. The number of benzene rings is 3. The monoisotopic (exact) mass is 316 g/mol. The van der Waals surface area contributed by atoms with E-state index in [4.69, 9.17) is 0 Å². The van der Waals surface area contributed by atoms with Crippen molar-refractivity contribution in [1.82, 2.24) is 0 Å². The van der Waals surface area contributed by atoms with E-state index in [1.807, 2.05) is 36.4 Å². The fraction of sp³-hybridized carbons (Fsp3) is 0.217. The first-order chi connectivity index (χ1) is 11.7. The average molecular weight is 316 g/mol. The molecule has 0 aliphatic heterocycles. The summed E-state index contributed by atoms with van der Waals surface area (Å²) in [4.78, 5) is 0. The minimum atomic E-state index is -0.164. The summed E-state index contributed by atoms with van der Waals surface area (Å²) in [7, 11) is 0. The van der Waals surface area contributed by atoms with Gasteiger partial charge in [0.1, 0.15) is 5.82 Å². The summed E-state index contributed by atoms with van der Waals surface area (Å²) in [6, 6.07) is 22.1. The number of aryl methyl sites for hydroxylation is 1. The first-order valence-corrected chi connectivity index (χ1v) is 8.65. The zero-order chi connectivity index (χ0) is 16.5. The van der Waals surface area contributed by atoms with Crippen molar-refractivity contribution in [2.45, 2.75) is 26.2 Å². The molecule has 0 heterocycles. The lowest BCUT2D eigenvalue weighted by Crippen LogP contribution is -1.89. The number of halogens is 1. The van der Waals surface area contributed by atoms with E-state index < -0.39 is 0 Å². The molecule has 0 amide bonds. The minimum absolute atomic E-state index is 0.164. The summed E-state index contributed by atoms with van der Waals surface area (Å²) in [5.74, 6) is 0.712. The Morgan fingerprint density at radius 2 is 1.42 bits per heavy atom. The highest BCUT2D eigenvalue weighted by atomic mass is 19.1. The van der Waals surface area contributed by atoms with Gasteiger partial charge in [-0.05, 0) is 60.4 Å². The maximum absolute atomic E-state index is 14.6. The molecule has 24 heavy (non-hydrogen) atoms. The Balaban J connectivity index is 1.60. The Kier molecular flexibility index (Phi) is 3.93. The van der Waals surface area contributed by atoms with E-state index in [2.05, 4.69) is 31.2 Å². The van der Waals surface area contributed by atoms with Gasteiger partial charge < -0.3 is 0 Å². The molecule has 3 aromatic carbocycles. The van der Waals surface area contributed by atoms with Crippen LogP contribution in [0.2, 0.25) is 0 Å². The number of rotatable bonds is 4. The van der Waals surface area contributed by atoms with Gasteiger partial charge in [0.2, 0.25) is 0 Å². The molecule has 1 saturated carbocycles. The summed E-state index contributed by atoms with van der Waals surface area (Å²) in [5.41, 5.74) is 6.15. The van der Waals surface area contributed by atoms with Gasteiger partial charge in [-0.1, -0.05) is 66.2 Å². The third kappa shape index (κ3) is 3.26. The van der Waals surface area contributed by atoms with E-state index in [9.17, 15) is 4.39 Å². The average Bonchev–Trinajstić information content (AvgIpc) is 3.40. The fourth-order valence-electron chi connectivity index (χ4n) is 3.15. The lowest BCUT2D eigenvalue weighted by atomic mass is 9.98. The highest BCUT2D eigenvalue weighted by Gasteiger charge is 2.21. The maximum Gasteiger partial charge on any atom is 0.131 e. The summed E-state index contributed by atoms with van der Waals surface area (Å²) in [6.45, 7) is 2.06. The van der Waals surface area contributed by atoms with Gasteiger partial charge in [0.25, 0.3) is 0 Å². The van der Waals surface area contributed by atoms with E-state index in [1.54, 1.807) is 6.07 Å². The topological polar surface area (TPSA) is 0 Å². The molecular formula is C23H21F. The molecule has 120 valence electrons. The third-order valence-corrected chi connectivity index (χ3v) is 4.84. The first kappa shape index (κ1) is 15.1. The molecule has 1 fully saturated rings. The zero-order valence-electron chi connectivity index (χ0n) is 13.9. The lowest BCUT2D eigenvalue weighted by molar-refractivity contribution is 0.632. The summed E-state index contributed by atoms with van der Waals surface area (Å²) < 4.78 is 14.6. The van der Waals surface area contributed by atoms with Gasteiger partial charge in [-0.15, -0.1) is 0 Å². The van der Waals surface area contributed by atoms with Gasteiger partial charge >= 0.3 is 0 Å². The van der Waals surface area contributed by atoms with Crippen LogP contribution in [0, 0.1) is 18.7 Å². The third-order valence-electron chi connectivity index (χ3n) is 4.84. The number of hydrogen-bond acceptors (Lipinski definition) is 0. The quantitative estimate of drug-likeness (QED) is 0.521. The second-order valence-electron chi connectivity index (χ2n) is 6.91. The maximum atomic E-state index is 14.6. The van der Waals surface area contributed by atoms with Crippen molar-refractivity contribution in [2.75, 3.05) is 0 Å². The molecule has 0 nitrogen and oxygen atoms in total. The predicted octanol–water partition coefficient (Wildman–Crippen LogP) is 6.42. The summed E-state index contributed by atoms with van der Waals surface area (Å²) in [6.07, 6.45) is 3.88. The molecule has 1 aliphatic rings. The predicted molar refractivity (Wildman–Crippen MR) is 98.4 cm³/mol. The van der Waals surface area contributed by atoms with Crippen molar-refractivity contribution >= 4 is 0 Å². The molecule has 0 spiro atoms. The van der Waals surface area contributed by atoms with Crippen LogP contribution in [0.5, 0.6) is 0 Å². The van der Waals surface area contributed by atoms with E-state index in [0.717, 1.165) is 29.0 Å². The lowest BCUT2D eigenvalue weighted by Gasteiger charge is -2.08. The van der Waals surface area contributed by atoms with Crippen LogP contribution in [0.15, 0.2) is 66.7 Å². The largest absolute Gasteiger partial charge is 0.206 e. The zero-order valence-corrected chi connectivity index (χ0v) is 13.9. The molecule has 0 bridgehead atoms. The molecule has 1 aliphatic carbocycles. The molecule has 0 aromatic heterocycles. The number of hydrogen-bond donors (Lipinski definition) is 0. The van der Waals surface area contributed by atoms with E-state index >= 15 is 0 Å². The van der Waals surface area contributed by atoms with Crippen molar-refractivity contribution in [3.63, 3.8) is 0 Å². The van der Waals surface area contributed by atoms with Crippen LogP contribution in [0.25, 0.3) is 22.3 Å². The molecule has 4 rings (SSSR count).